The average molecular weight is 308 g/mol. The van der Waals surface area contributed by atoms with Crippen LogP contribution < -0.4 is 5.32 Å². The maximum atomic E-state index is 12.3. The lowest BCUT2D eigenvalue weighted by Crippen LogP contribution is -2.38. The van der Waals surface area contributed by atoms with E-state index in [-0.39, 0.29) is 17.0 Å². The molecule has 0 saturated carbocycles. The highest BCUT2D eigenvalue weighted by Crippen LogP contribution is 2.31. The van der Waals surface area contributed by atoms with Crippen LogP contribution >= 0.6 is 34.8 Å². The average Bonchev–Trinajstić information content (AvgIpc) is 2.87. The van der Waals surface area contributed by atoms with E-state index in [9.17, 15) is 4.79 Å². The maximum absolute atomic E-state index is 12.3. The van der Waals surface area contributed by atoms with E-state index < -0.39 is 0 Å². The van der Waals surface area contributed by atoms with Gasteiger partial charge < -0.3 is 10.2 Å². The monoisotopic (exact) mass is 306 g/mol. The molecule has 1 fully saturated rings. The molecule has 0 aromatic heterocycles. The van der Waals surface area contributed by atoms with Crippen LogP contribution in [0.25, 0.3) is 0 Å². The first kappa shape index (κ1) is 13.9. The minimum Gasteiger partial charge on any atom is -0.337 e. The summed E-state index contributed by atoms with van der Waals surface area (Å²) in [5.74, 6) is -0.0934. The number of nitrogens with zero attached hydrogens (tertiary/aromatic N) is 1. The molecule has 0 aliphatic carbocycles. The van der Waals surface area contributed by atoms with Crippen molar-refractivity contribution in [2.75, 3.05) is 20.1 Å². The second kappa shape index (κ2) is 5.66. The van der Waals surface area contributed by atoms with Gasteiger partial charge in [0.15, 0.2) is 0 Å². The smallest absolute Gasteiger partial charge is 0.253 e. The van der Waals surface area contributed by atoms with E-state index in [1.54, 1.807) is 24.1 Å². The van der Waals surface area contributed by atoms with Gasteiger partial charge in [-0.25, -0.2) is 0 Å². The van der Waals surface area contributed by atoms with E-state index in [0.29, 0.717) is 15.6 Å². The first-order valence-electron chi connectivity index (χ1n) is 5.63. The number of amides is 1. The van der Waals surface area contributed by atoms with E-state index in [0.717, 1.165) is 19.5 Å². The van der Waals surface area contributed by atoms with Crippen molar-refractivity contribution in [3.63, 3.8) is 0 Å². The Kier molecular flexibility index (Phi) is 4.38. The minimum absolute atomic E-state index is 0.0934. The lowest BCUT2D eigenvalue weighted by Gasteiger charge is -2.24. The van der Waals surface area contributed by atoms with Gasteiger partial charge in [-0.15, -0.1) is 0 Å². The van der Waals surface area contributed by atoms with E-state index >= 15 is 0 Å². The molecule has 1 aliphatic rings. The number of rotatable bonds is 2. The SMILES string of the molecule is CN(C(=O)c1cc(Cl)c(Cl)c(Cl)c1)[C@@H]1CCNC1. The summed E-state index contributed by atoms with van der Waals surface area (Å²) < 4.78 is 0. The molecule has 98 valence electrons. The maximum Gasteiger partial charge on any atom is 0.253 e. The van der Waals surface area contributed by atoms with E-state index in [1.165, 1.54) is 0 Å². The highest BCUT2D eigenvalue weighted by atomic mass is 35.5. The van der Waals surface area contributed by atoms with Crippen molar-refractivity contribution in [1.29, 1.82) is 0 Å². The number of carbonyl (C=O) groups excluding carboxylic acids is 1. The first-order valence-corrected chi connectivity index (χ1v) is 6.76. The molecule has 1 saturated heterocycles. The third-order valence-electron chi connectivity index (χ3n) is 3.13. The lowest BCUT2D eigenvalue weighted by molar-refractivity contribution is 0.0744. The van der Waals surface area contributed by atoms with Crippen molar-refractivity contribution in [3.8, 4) is 0 Å². The fraction of sp³-hybridized carbons (Fsp3) is 0.417. The summed E-state index contributed by atoms with van der Waals surface area (Å²) in [6.07, 6.45) is 0.956. The van der Waals surface area contributed by atoms with Crippen LogP contribution in [-0.4, -0.2) is 37.0 Å². The molecule has 6 heteroatoms. The zero-order chi connectivity index (χ0) is 13.3. The van der Waals surface area contributed by atoms with Crippen LogP contribution in [0.3, 0.4) is 0 Å². The molecule has 1 aromatic rings. The van der Waals surface area contributed by atoms with Crippen molar-refractivity contribution >= 4 is 40.7 Å². The molecule has 3 nitrogen and oxygen atoms in total. The number of halogens is 3. The van der Waals surface area contributed by atoms with E-state index in [2.05, 4.69) is 5.32 Å². The molecule has 1 atom stereocenters. The van der Waals surface area contributed by atoms with Crippen molar-refractivity contribution < 1.29 is 4.79 Å². The van der Waals surface area contributed by atoms with Gasteiger partial charge in [-0.3, -0.25) is 4.79 Å². The Morgan fingerprint density at radius 3 is 2.44 bits per heavy atom. The number of nitrogens with one attached hydrogen (secondary N) is 1. The van der Waals surface area contributed by atoms with Gasteiger partial charge >= 0.3 is 0 Å². The summed E-state index contributed by atoms with van der Waals surface area (Å²) in [6, 6.07) is 3.32. The number of hydrogen-bond acceptors (Lipinski definition) is 2. The Labute approximate surface area is 121 Å². The van der Waals surface area contributed by atoms with Gasteiger partial charge in [-0.1, -0.05) is 34.8 Å². The van der Waals surface area contributed by atoms with Crippen molar-refractivity contribution in [2.45, 2.75) is 12.5 Å². The van der Waals surface area contributed by atoms with Gasteiger partial charge in [0.05, 0.1) is 15.1 Å². The second-order valence-corrected chi connectivity index (χ2v) is 5.51. The predicted octanol–water partition coefficient (Wildman–Crippen LogP) is 3.08. The summed E-state index contributed by atoms with van der Waals surface area (Å²) >= 11 is 17.7. The van der Waals surface area contributed by atoms with Crippen molar-refractivity contribution in [1.82, 2.24) is 10.2 Å². The van der Waals surface area contributed by atoms with Gasteiger partial charge in [0.1, 0.15) is 0 Å². The summed E-state index contributed by atoms with van der Waals surface area (Å²) in [5, 5.41) is 4.10. The Hall–Kier alpha value is -0.480. The Morgan fingerprint density at radius 2 is 1.94 bits per heavy atom. The van der Waals surface area contributed by atoms with Crippen molar-refractivity contribution in [2.24, 2.45) is 0 Å². The molecule has 2 rings (SSSR count). The molecule has 0 bridgehead atoms. The van der Waals surface area contributed by atoms with Crippen LogP contribution in [0.1, 0.15) is 16.8 Å². The van der Waals surface area contributed by atoms with Crippen LogP contribution in [0.4, 0.5) is 0 Å². The molecule has 1 amide bonds. The summed E-state index contributed by atoms with van der Waals surface area (Å²) in [4.78, 5) is 14.0. The number of likely N-dealkylation sites (N-methyl/N-ethyl adjacent to an activating group) is 1. The summed E-state index contributed by atoms with van der Waals surface area (Å²) in [5.41, 5.74) is 0.462. The van der Waals surface area contributed by atoms with Gasteiger partial charge in [0.25, 0.3) is 5.91 Å². The van der Waals surface area contributed by atoms with Crippen LogP contribution in [-0.2, 0) is 0 Å². The van der Waals surface area contributed by atoms with Crippen LogP contribution in [0, 0.1) is 0 Å². The normalized spacial score (nSPS) is 19.0. The zero-order valence-electron chi connectivity index (χ0n) is 9.84. The Bertz CT molecular complexity index is 449. The number of carbonyl (C=O) groups is 1. The summed E-state index contributed by atoms with van der Waals surface area (Å²) in [6.45, 7) is 1.75. The fourth-order valence-electron chi connectivity index (χ4n) is 2.02. The third kappa shape index (κ3) is 2.75. The first-order chi connectivity index (χ1) is 8.50. The Balaban J connectivity index is 2.22. The molecular formula is C12H13Cl3N2O. The molecule has 1 heterocycles. The van der Waals surface area contributed by atoms with Gasteiger partial charge in [0, 0.05) is 25.2 Å². The van der Waals surface area contributed by atoms with Gasteiger partial charge in [-0.05, 0) is 25.1 Å². The standard InChI is InChI=1S/C12H13Cl3N2O/c1-17(8-2-3-16-6-8)12(18)7-4-9(13)11(15)10(14)5-7/h4-5,8,16H,2-3,6H2,1H3/t8-/m1/s1. The van der Waals surface area contributed by atoms with E-state index in [4.69, 9.17) is 34.8 Å². The largest absolute Gasteiger partial charge is 0.337 e. The topological polar surface area (TPSA) is 32.3 Å². The molecule has 1 aromatic carbocycles. The molecule has 0 radical (unpaired) electrons. The third-order valence-corrected chi connectivity index (χ3v) is 4.33. The van der Waals surface area contributed by atoms with Crippen LogP contribution in [0.15, 0.2) is 12.1 Å². The second-order valence-electron chi connectivity index (χ2n) is 4.32. The highest BCUT2D eigenvalue weighted by Gasteiger charge is 2.24. The van der Waals surface area contributed by atoms with Gasteiger partial charge in [-0.2, -0.15) is 0 Å². The van der Waals surface area contributed by atoms with Crippen LogP contribution in [0.2, 0.25) is 15.1 Å². The fourth-order valence-corrected chi connectivity index (χ4v) is 2.61. The quantitative estimate of drug-likeness (QED) is 0.852. The zero-order valence-corrected chi connectivity index (χ0v) is 12.1. The molecule has 1 N–H and O–H groups in total. The minimum atomic E-state index is -0.0934. The van der Waals surface area contributed by atoms with Gasteiger partial charge in [0.2, 0.25) is 0 Å². The van der Waals surface area contributed by atoms with Crippen LogP contribution in [0.5, 0.6) is 0 Å². The molecule has 18 heavy (non-hydrogen) atoms. The molecular weight excluding hydrogens is 295 g/mol. The molecule has 0 spiro atoms. The Morgan fingerprint density at radius 1 is 1.33 bits per heavy atom. The summed E-state index contributed by atoms with van der Waals surface area (Å²) in [7, 11) is 1.79. The van der Waals surface area contributed by atoms with E-state index in [1.807, 2.05) is 0 Å². The van der Waals surface area contributed by atoms with Crippen molar-refractivity contribution in [3.05, 3.63) is 32.8 Å². The number of benzene rings is 1. The lowest BCUT2D eigenvalue weighted by atomic mass is 10.1. The highest BCUT2D eigenvalue weighted by molar-refractivity contribution is 6.48. The predicted molar refractivity (Wildman–Crippen MR) is 74.8 cm³/mol. The number of hydrogen-bond donors (Lipinski definition) is 1. The molecule has 1 aliphatic heterocycles. The molecule has 0 unspecified atom stereocenters.